The second kappa shape index (κ2) is 4.32. The van der Waals surface area contributed by atoms with Crippen LogP contribution in [0.4, 0.5) is 4.79 Å². The number of carbonyl (C=O) groups is 2. The largest absolute Gasteiger partial charge is 0.463 e. The van der Waals surface area contributed by atoms with Gasteiger partial charge < -0.3 is 9.94 Å². The monoisotopic (exact) mass is 159 g/mol. The van der Waals surface area contributed by atoms with Gasteiger partial charge in [-0.15, -0.1) is 5.48 Å². The normalized spacial score (nSPS) is 10.5. The molecule has 62 valence electrons. The summed E-state index contributed by atoms with van der Waals surface area (Å²) in [5.74, 6) is -0.699. The lowest BCUT2D eigenvalue weighted by Gasteiger charge is -2.00. The van der Waals surface area contributed by atoms with Crippen LogP contribution in [0.25, 0.3) is 0 Å². The van der Waals surface area contributed by atoms with Crippen molar-refractivity contribution >= 4 is 12.1 Å². The van der Waals surface area contributed by atoms with Crippen molar-refractivity contribution in [2.45, 2.75) is 13.8 Å². The van der Waals surface area contributed by atoms with Crippen LogP contribution in [-0.4, -0.2) is 17.2 Å². The maximum Gasteiger partial charge on any atom is 0.438 e. The number of carbonyl (C=O) groups excluding carboxylic acids is 1. The van der Waals surface area contributed by atoms with Gasteiger partial charge in [-0.25, -0.2) is 9.59 Å². The van der Waals surface area contributed by atoms with Crippen LogP contribution in [-0.2, 0) is 9.63 Å². The quantitative estimate of drug-likeness (QED) is 0.435. The summed E-state index contributed by atoms with van der Waals surface area (Å²) in [6.07, 6.45) is 0.119. The average Bonchev–Trinajstić information content (AvgIpc) is 1.98. The number of allylic oxidation sites excluding steroid dienone is 1. The first kappa shape index (κ1) is 9.48. The fourth-order valence-electron chi connectivity index (χ4n) is 0.288. The van der Waals surface area contributed by atoms with Gasteiger partial charge in [-0.05, 0) is 13.8 Å². The molecular formula is C6H9NO4. The summed E-state index contributed by atoms with van der Waals surface area (Å²) in [4.78, 5) is 24.6. The Morgan fingerprint density at radius 1 is 1.55 bits per heavy atom. The third-order valence-electron chi connectivity index (χ3n) is 0.986. The van der Waals surface area contributed by atoms with Crippen molar-refractivity contribution < 1.29 is 19.5 Å². The molecule has 0 atom stereocenters. The molecule has 0 saturated heterocycles. The summed E-state index contributed by atoms with van der Waals surface area (Å²) < 4.78 is 0. The summed E-state index contributed by atoms with van der Waals surface area (Å²) in [6.45, 7) is 3.17. The standard InChI is InChI=1S/C6H9NO4/c1-3-4(2)5(8)11-7-6(9)10/h3,7H,1-2H3,(H,9,10). The summed E-state index contributed by atoms with van der Waals surface area (Å²) in [7, 11) is 0. The molecule has 0 heterocycles. The first-order chi connectivity index (χ1) is 5.07. The average molecular weight is 159 g/mol. The summed E-state index contributed by atoms with van der Waals surface area (Å²) in [5, 5.41) is 8.01. The SMILES string of the molecule is CC=C(C)C(=O)ONC(=O)O. The molecule has 0 rings (SSSR count). The third kappa shape index (κ3) is 3.96. The van der Waals surface area contributed by atoms with Crippen LogP contribution < -0.4 is 5.48 Å². The molecule has 0 unspecified atom stereocenters. The van der Waals surface area contributed by atoms with Crippen molar-refractivity contribution in [2.24, 2.45) is 0 Å². The Balaban J connectivity index is 3.80. The Hall–Kier alpha value is -1.52. The van der Waals surface area contributed by atoms with Gasteiger partial charge >= 0.3 is 12.1 Å². The van der Waals surface area contributed by atoms with Crippen molar-refractivity contribution in [3.63, 3.8) is 0 Å². The zero-order valence-electron chi connectivity index (χ0n) is 6.25. The van der Waals surface area contributed by atoms with Crippen LogP contribution in [0, 0.1) is 0 Å². The van der Waals surface area contributed by atoms with E-state index in [2.05, 4.69) is 4.84 Å². The predicted molar refractivity (Wildman–Crippen MR) is 36.7 cm³/mol. The Morgan fingerprint density at radius 2 is 2.09 bits per heavy atom. The number of hydroxylamine groups is 1. The first-order valence-electron chi connectivity index (χ1n) is 2.91. The second-order valence-corrected chi connectivity index (χ2v) is 1.77. The topological polar surface area (TPSA) is 75.6 Å². The van der Waals surface area contributed by atoms with Gasteiger partial charge in [0.05, 0.1) is 0 Å². The minimum atomic E-state index is -1.40. The summed E-state index contributed by atoms with van der Waals surface area (Å²) in [5.41, 5.74) is 1.83. The zero-order chi connectivity index (χ0) is 8.85. The van der Waals surface area contributed by atoms with Crippen LogP contribution in [0.5, 0.6) is 0 Å². The van der Waals surface area contributed by atoms with Crippen LogP contribution in [0.15, 0.2) is 11.6 Å². The fraction of sp³-hybridized carbons (Fsp3) is 0.333. The molecule has 0 aliphatic carbocycles. The molecule has 0 aliphatic rings. The fourth-order valence-corrected chi connectivity index (χ4v) is 0.288. The highest BCUT2D eigenvalue weighted by molar-refractivity contribution is 5.88. The van der Waals surface area contributed by atoms with Gasteiger partial charge in [-0.2, -0.15) is 0 Å². The highest BCUT2D eigenvalue weighted by Crippen LogP contribution is 1.92. The number of nitrogens with one attached hydrogen (secondary N) is 1. The number of hydrogen-bond acceptors (Lipinski definition) is 3. The molecule has 0 aliphatic heterocycles. The number of amides is 1. The van der Waals surface area contributed by atoms with E-state index in [0.29, 0.717) is 5.57 Å². The van der Waals surface area contributed by atoms with E-state index in [1.54, 1.807) is 6.92 Å². The van der Waals surface area contributed by atoms with Crippen molar-refractivity contribution in [1.29, 1.82) is 0 Å². The van der Waals surface area contributed by atoms with Crippen LogP contribution in [0.3, 0.4) is 0 Å². The maximum absolute atomic E-state index is 10.7. The molecule has 5 nitrogen and oxygen atoms in total. The van der Waals surface area contributed by atoms with Crippen LogP contribution >= 0.6 is 0 Å². The third-order valence-corrected chi connectivity index (χ3v) is 0.986. The van der Waals surface area contributed by atoms with E-state index < -0.39 is 12.1 Å². The molecule has 1 amide bonds. The van der Waals surface area contributed by atoms with Crippen molar-refractivity contribution in [3.05, 3.63) is 11.6 Å². The minimum Gasteiger partial charge on any atom is -0.463 e. The molecule has 0 aromatic heterocycles. The van der Waals surface area contributed by atoms with E-state index in [1.165, 1.54) is 18.5 Å². The lowest BCUT2D eigenvalue weighted by atomic mass is 10.3. The molecule has 2 N–H and O–H groups in total. The zero-order valence-corrected chi connectivity index (χ0v) is 6.25. The minimum absolute atomic E-state index is 0.346. The second-order valence-electron chi connectivity index (χ2n) is 1.77. The Bertz CT molecular complexity index is 197. The predicted octanol–water partition coefficient (Wildman–Crippen LogP) is 0.678. The summed E-state index contributed by atoms with van der Waals surface area (Å²) in [6, 6.07) is 0. The molecule has 11 heavy (non-hydrogen) atoms. The van der Waals surface area contributed by atoms with Gasteiger partial charge in [0.15, 0.2) is 0 Å². The van der Waals surface area contributed by atoms with E-state index in [4.69, 9.17) is 5.11 Å². The number of hydrogen-bond donors (Lipinski definition) is 2. The smallest absolute Gasteiger partial charge is 0.438 e. The lowest BCUT2D eigenvalue weighted by Crippen LogP contribution is -2.25. The van der Waals surface area contributed by atoms with Crippen molar-refractivity contribution in [3.8, 4) is 0 Å². The number of rotatable bonds is 1. The molecule has 0 bridgehead atoms. The molecule has 0 aromatic carbocycles. The maximum atomic E-state index is 10.7. The highest BCUT2D eigenvalue weighted by Gasteiger charge is 2.05. The van der Waals surface area contributed by atoms with Gasteiger partial charge in [-0.1, -0.05) is 6.08 Å². The van der Waals surface area contributed by atoms with Gasteiger partial charge in [0.25, 0.3) is 0 Å². The molecule has 0 fully saturated rings. The Kier molecular flexibility index (Phi) is 3.72. The molecule has 5 heteroatoms. The van der Waals surface area contributed by atoms with Crippen LogP contribution in [0.2, 0.25) is 0 Å². The van der Waals surface area contributed by atoms with Gasteiger partial charge in [0.1, 0.15) is 0 Å². The van der Waals surface area contributed by atoms with Gasteiger partial charge in [0, 0.05) is 5.57 Å². The van der Waals surface area contributed by atoms with Crippen LogP contribution in [0.1, 0.15) is 13.8 Å². The lowest BCUT2D eigenvalue weighted by molar-refractivity contribution is -0.144. The summed E-state index contributed by atoms with van der Waals surface area (Å²) >= 11 is 0. The molecular weight excluding hydrogens is 150 g/mol. The van der Waals surface area contributed by atoms with E-state index in [-0.39, 0.29) is 0 Å². The van der Waals surface area contributed by atoms with Gasteiger partial charge in [0.2, 0.25) is 0 Å². The molecule has 0 aromatic rings. The molecule has 0 radical (unpaired) electrons. The van der Waals surface area contributed by atoms with E-state index in [1.807, 2.05) is 0 Å². The van der Waals surface area contributed by atoms with E-state index >= 15 is 0 Å². The first-order valence-corrected chi connectivity index (χ1v) is 2.91. The van der Waals surface area contributed by atoms with E-state index in [0.717, 1.165) is 0 Å². The molecule has 0 saturated carbocycles. The Labute approximate surface area is 63.6 Å². The van der Waals surface area contributed by atoms with Crippen molar-refractivity contribution in [1.82, 2.24) is 5.48 Å². The van der Waals surface area contributed by atoms with Crippen molar-refractivity contribution in [2.75, 3.05) is 0 Å². The van der Waals surface area contributed by atoms with E-state index in [9.17, 15) is 9.59 Å². The van der Waals surface area contributed by atoms with Gasteiger partial charge in [-0.3, -0.25) is 0 Å². The number of carboxylic acid groups (broad SMARTS) is 1. The molecule has 0 spiro atoms. The highest BCUT2D eigenvalue weighted by atomic mass is 16.7. The Morgan fingerprint density at radius 3 is 2.45 bits per heavy atom.